The summed E-state index contributed by atoms with van der Waals surface area (Å²) >= 11 is 0. The van der Waals surface area contributed by atoms with Crippen molar-refractivity contribution >= 4 is 23.3 Å². The van der Waals surface area contributed by atoms with E-state index in [2.05, 4.69) is 10.6 Å². The smallest absolute Gasteiger partial charge is 0.319 e. The number of nitrogens with zero attached hydrogens (tertiary/aromatic N) is 1. The number of fused-ring (bicyclic) bond motifs is 1. The Bertz CT molecular complexity index is 825. The van der Waals surface area contributed by atoms with Crippen LogP contribution in [0.25, 0.3) is 0 Å². The second kappa shape index (κ2) is 6.95. The molecule has 0 radical (unpaired) electrons. The van der Waals surface area contributed by atoms with E-state index in [0.717, 1.165) is 5.69 Å². The molecule has 2 aliphatic rings. The Morgan fingerprint density at radius 1 is 1.04 bits per heavy atom. The van der Waals surface area contributed by atoms with Gasteiger partial charge >= 0.3 is 6.03 Å². The maximum atomic E-state index is 12.5. The minimum Gasteiger partial charge on any atom is -0.486 e. The molecule has 3 amide bonds. The first-order chi connectivity index (χ1) is 12.7. The lowest BCUT2D eigenvalue weighted by Crippen LogP contribution is -2.43. The highest BCUT2D eigenvalue weighted by Gasteiger charge is 2.33. The molecule has 0 saturated carbocycles. The molecule has 0 unspecified atom stereocenters. The van der Waals surface area contributed by atoms with Crippen molar-refractivity contribution in [2.45, 2.75) is 12.5 Å². The number of nitrogens with one attached hydrogen (secondary N) is 2. The summed E-state index contributed by atoms with van der Waals surface area (Å²) in [6.45, 7) is 1.58. The largest absolute Gasteiger partial charge is 0.486 e. The van der Waals surface area contributed by atoms with Gasteiger partial charge in [0.25, 0.3) is 0 Å². The summed E-state index contributed by atoms with van der Waals surface area (Å²) in [5.41, 5.74) is 1.42. The summed E-state index contributed by atoms with van der Waals surface area (Å²) in [7, 11) is 0. The molecular weight excluding hydrogens is 334 g/mol. The maximum absolute atomic E-state index is 12.5. The zero-order chi connectivity index (χ0) is 17.9. The SMILES string of the molecule is O=C(Nc1ccc2c(c1)OCCO2)N[C@@H]1CCN(c2ccccc2)C1=O. The van der Waals surface area contributed by atoms with E-state index in [1.165, 1.54) is 0 Å². The zero-order valence-corrected chi connectivity index (χ0v) is 14.1. The quantitative estimate of drug-likeness (QED) is 0.888. The van der Waals surface area contributed by atoms with E-state index < -0.39 is 12.1 Å². The standard InChI is InChI=1S/C19H19N3O4/c23-18-15(8-9-22(18)14-4-2-1-3-5-14)21-19(24)20-13-6-7-16-17(12-13)26-11-10-25-16/h1-7,12,15H,8-11H2,(H2,20,21,24)/t15-/m1/s1. The van der Waals surface area contributed by atoms with Gasteiger partial charge in [-0.2, -0.15) is 0 Å². The number of hydrogen-bond acceptors (Lipinski definition) is 4. The Morgan fingerprint density at radius 3 is 2.62 bits per heavy atom. The molecule has 1 fully saturated rings. The van der Waals surface area contributed by atoms with E-state index >= 15 is 0 Å². The number of para-hydroxylation sites is 1. The van der Waals surface area contributed by atoms with Crippen LogP contribution in [0.5, 0.6) is 11.5 Å². The van der Waals surface area contributed by atoms with Crippen LogP contribution >= 0.6 is 0 Å². The van der Waals surface area contributed by atoms with Crippen molar-refractivity contribution < 1.29 is 19.1 Å². The first kappa shape index (κ1) is 16.3. The Hall–Kier alpha value is -3.22. The normalized spacial score (nSPS) is 18.5. The lowest BCUT2D eigenvalue weighted by atomic mass is 10.2. The third-order valence-corrected chi connectivity index (χ3v) is 4.38. The number of carbonyl (C=O) groups is 2. The molecule has 1 atom stereocenters. The van der Waals surface area contributed by atoms with E-state index in [0.29, 0.717) is 43.4 Å². The van der Waals surface area contributed by atoms with E-state index in [4.69, 9.17) is 9.47 Å². The van der Waals surface area contributed by atoms with Crippen molar-refractivity contribution in [3.05, 3.63) is 48.5 Å². The number of carbonyl (C=O) groups excluding carboxylic acids is 2. The zero-order valence-electron chi connectivity index (χ0n) is 14.1. The number of benzene rings is 2. The van der Waals surface area contributed by atoms with Crippen LogP contribution in [0, 0.1) is 0 Å². The lowest BCUT2D eigenvalue weighted by molar-refractivity contribution is -0.118. The number of amides is 3. The highest BCUT2D eigenvalue weighted by molar-refractivity contribution is 6.02. The van der Waals surface area contributed by atoms with Crippen LogP contribution in [0.15, 0.2) is 48.5 Å². The van der Waals surface area contributed by atoms with Crippen molar-refractivity contribution in [3.8, 4) is 11.5 Å². The molecule has 1 saturated heterocycles. The van der Waals surface area contributed by atoms with Gasteiger partial charge in [0, 0.05) is 24.0 Å². The predicted octanol–water partition coefficient (Wildman–Crippen LogP) is 2.38. The second-order valence-electron chi connectivity index (χ2n) is 6.12. The van der Waals surface area contributed by atoms with Gasteiger partial charge in [-0.3, -0.25) is 4.79 Å². The molecule has 0 spiro atoms. The summed E-state index contributed by atoms with van der Waals surface area (Å²) in [4.78, 5) is 26.5. The Balaban J connectivity index is 1.37. The van der Waals surface area contributed by atoms with Crippen LogP contribution in [0.3, 0.4) is 0 Å². The summed E-state index contributed by atoms with van der Waals surface area (Å²) in [6, 6.07) is 13.7. The van der Waals surface area contributed by atoms with Crippen molar-refractivity contribution in [1.82, 2.24) is 5.32 Å². The molecule has 134 valence electrons. The van der Waals surface area contributed by atoms with Crippen LogP contribution in [-0.4, -0.2) is 37.7 Å². The highest BCUT2D eigenvalue weighted by atomic mass is 16.6. The third-order valence-electron chi connectivity index (χ3n) is 4.38. The molecule has 0 bridgehead atoms. The molecule has 0 aromatic heterocycles. The van der Waals surface area contributed by atoms with Crippen LogP contribution in [0.4, 0.5) is 16.2 Å². The molecule has 2 heterocycles. The summed E-state index contributed by atoms with van der Waals surface area (Å²) in [5.74, 6) is 1.15. The Morgan fingerprint density at radius 2 is 1.81 bits per heavy atom. The van der Waals surface area contributed by atoms with Crippen molar-refractivity contribution in [2.24, 2.45) is 0 Å². The van der Waals surface area contributed by atoms with Crippen molar-refractivity contribution in [3.63, 3.8) is 0 Å². The van der Waals surface area contributed by atoms with Crippen LogP contribution in [0.1, 0.15) is 6.42 Å². The van der Waals surface area contributed by atoms with Crippen molar-refractivity contribution in [2.75, 3.05) is 30.0 Å². The molecule has 2 N–H and O–H groups in total. The first-order valence-corrected chi connectivity index (χ1v) is 8.54. The molecule has 0 aliphatic carbocycles. The molecule has 2 aromatic rings. The number of anilines is 2. The summed E-state index contributed by atoms with van der Waals surface area (Å²) in [5, 5.41) is 5.48. The second-order valence-corrected chi connectivity index (χ2v) is 6.12. The van der Waals surface area contributed by atoms with Gasteiger partial charge in [-0.25, -0.2) is 4.79 Å². The minimum absolute atomic E-state index is 0.103. The fourth-order valence-electron chi connectivity index (χ4n) is 3.12. The molecule has 7 nitrogen and oxygen atoms in total. The lowest BCUT2D eigenvalue weighted by Gasteiger charge is -2.19. The van der Waals surface area contributed by atoms with Gasteiger partial charge in [-0.1, -0.05) is 18.2 Å². The molecule has 2 aliphatic heterocycles. The first-order valence-electron chi connectivity index (χ1n) is 8.54. The topological polar surface area (TPSA) is 79.9 Å². The van der Waals surface area contributed by atoms with E-state index in [9.17, 15) is 9.59 Å². The molecule has 4 rings (SSSR count). The average molecular weight is 353 g/mol. The van der Waals surface area contributed by atoms with Crippen LogP contribution in [-0.2, 0) is 4.79 Å². The minimum atomic E-state index is -0.535. The number of hydrogen-bond donors (Lipinski definition) is 2. The fraction of sp³-hybridized carbons (Fsp3) is 0.263. The Kier molecular flexibility index (Phi) is 4.35. The highest BCUT2D eigenvalue weighted by Crippen LogP contribution is 2.32. The van der Waals surface area contributed by atoms with Gasteiger partial charge in [0.15, 0.2) is 11.5 Å². The molecular formula is C19H19N3O4. The molecule has 26 heavy (non-hydrogen) atoms. The molecule has 7 heteroatoms. The monoisotopic (exact) mass is 353 g/mol. The summed E-state index contributed by atoms with van der Waals surface area (Å²) in [6.07, 6.45) is 0.572. The summed E-state index contributed by atoms with van der Waals surface area (Å²) < 4.78 is 11.0. The van der Waals surface area contributed by atoms with E-state index in [1.807, 2.05) is 30.3 Å². The van der Waals surface area contributed by atoms with E-state index in [1.54, 1.807) is 23.1 Å². The molecule has 2 aromatic carbocycles. The fourth-order valence-corrected chi connectivity index (χ4v) is 3.12. The van der Waals surface area contributed by atoms with Crippen LogP contribution in [0.2, 0.25) is 0 Å². The van der Waals surface area contributed by atoms with E-state index in [-0.39, 0.29) is 5.91 Å². The van der Waals surface area contributed by atoms with Gasteiger partial charge in [-0.05, 0) is 30.7 Å². The van der Waals surface area contributed by atoms with Crippen LogP contribution < -0.4 is 25.0 Å². The van der Waals surface area contributed by atoms with Crippen molar-refractivity contribution in [1.29, 1.82) is 0 Å². The number of rotatable bonds is 3. The van der Waals surface area contributed by atoms with Gasteiger partial charge < -0.3 is 25.0 Å². The van der Waals surface area contributed by atoms with Gasteiger partial charge in [0.05, 0.1) is 0 Å². The van der Waals surface area contributed by atoms with Gasteiger partial charge in [0.1, 0.15) is 19.3 Å². The average Bonchev–Trinajstić information content (AvgIpc) is 3.02. The maximum Gasteiger partial charge on any atom is 0.319 e. The predicted molar refractivity (Wildman–Crippen MR) is 96.8 cm³/mol. The van der Waals surface area contributed by atoms with Gasteiger partial charge in [-0.15, -0.1) is 0 Å². The van der Waals surface area contributed by atoms with Gasteiger partial charge in [0.2, 0.25) is 5.91 Å². The number of urea groups is 1. The number of ether oxygens (including phenoxy) is 2. The Labute approximate surface area is 150 Å². The third kappa shape index (κ3) is 3.28.